The number of hydrogen-bond acceptors (Lipinski definition) is 8. The number of hydrogen-bond donors (Lipinski definition) is 1. The Hall–Kier alpha value is -3.99. The third-order valence-corrected chi connectivity index (χ3v) is 7.29. The number of aryl methyl sites for hydroxylation is 1. The van der Waals surface area contributed by atoms with Crippen molar-refractivity contribution in [2.24, 2.45) is 11.8 Å². The molecule has 1 saturated heterocycles. The second-order valence-corrected chi connectivity index (χ2v) is 9.97. The van der Waals surface area contributed by atoms with Crippen LogP contribution in [0.25, 0.3) is 5.69 Å². The van der Waals surface area contributed by atoms with Crippen molar-refractivity contribution in [2.75, 3.05) is 25.1 Å². The van der Waals surface area contributed by atoms with Gasteiger partial charge in [0.2, 0.25) is 5.88 Å². The van der Waals surface area contributed by atoms with Crippen molar-refractivity contribution in [3.05, 3.63) is 70.3 Å². The van der Waals surface area contributed by atoms with Crippen molar-refractivity contribution in [1.82, 2.24) is 40.3 Å². The molecule has 1 aromatic carbocycles. The van der Waals surface area contributed by atoms with Gasteiger partial charge in [0.25, 0.3) is 5.91 Å². The number of nitrogens with zero attached hydrogens (tertiary/aromatic N) is 8. The number of piperidine rings is 1. The molecule has 1 N–H and O–H groups in total. The lowest BCUT2D eigenvalue weighted by atomic mass is 10.1. The molecule has 1 amide bonds. The standard InChI is InChI=1S/C25H26ClN9O2/c1-15-16(3-6-23(29-15)33-10-18-7-19(18)11-33)12-34-13-21(25(30-34)37-2)24(36)27-9-17-8-20(26)4-5-22(17)35-14-28-31-32-35/h3-6,8,13-14,18-19H,7,9-12H2,1-2H3,(H,27,36). The van der Waals surface area contributed by atoms with Crippen LogP contribution in [0.5, 0.6) is 5.88 Å². The number of benzene rings is 1. The van der Waals surface area contributed by atoms with E-state index in [0.29, 0.717) is 17.1 Å². The molecular weight excluding hydrogens is 494 g/mol. The van der Waals surface area contributed by atoms with Crippen LogP contribution in [0, 0.1) is 18.8 Å². The summed E-state index contributed by atoms with van der Waals surface area (Å²) in [6, 6.07) is 9.48. The van der Waals surface area contributed by atoms with Crippen LogP contribution in [0.15, 0.2) is 42.9 Å². The molecule has 4 aromatic rings. The monoisotopic (exact) mass is 519 g/mol. The van der Waals surface area contributed by atoms with E-state index in [4.69, 9.17) is 21.3 Å². The van der Waals surface area contributed by atoms with Crippen molar-refractivity contribution in [3.8, 4) is 11.6 Å². The van der Waals surface area contributed by atoms with Gasteiger partial charge in [0.15, 0.2) is 0 Å². The Morgan fingerprint density at radius 1 is 1.19 bits per heavy atom. The summed E-state index contributed by atoms with van der Waals surface area (Å²) < 4.78 is 8.62. The van der Waals surface area contributed by atoms with Crippen LogP contribution in [0.1, 0.15) is 33.6 Å². The Balaban J connectivity index is 1.16. The van der Waals surface area contributed by atoms with Gasteiger partial charge in [-0.15, -0.1) is 10.2 Å². The molecule has 0 radical (unpaired) electrons. The topological polar surface area (TPSA) is 116 Å². The number of tetrazole rings is 1. The highest BCUT2D eigenvalue weighted by molar-refractivity contribution is 6.30. The highest BCUT2D eigenvalue weighted by atomic mass is 35.5. The molecule has 2 atom stereocenters. The average molecular weight is 520 g/mol. The zero-order valence-corrected chi connectivity index (χ0v) is 21.3. The molecule has 0 bridgehead atoms. The summed E-state index contributed by atoms with van der Waals surface area (Å²) >= 11 is 6.19. The molecule has 1 saturated carbocycles. The van der Waals surface area contributed by atoms with E-state index in [-0.39, 0.29) is 18.3 Å². The highest BCUT2D eigenvalue weighted by Gasteiger charge is 2.45. The van der Waals surface area contributed by atoms with Gasteiger partial charge in [-0.1, -0.05) is 17.7 Å². The van der Waals surface area contributed by atoms with Crippen molar-refractivity contribution < 1.29 is 9.53 Å². The normalized spacial score (nSPS) is 18.1. The van der Waals surface area contributed by atoms with Gasteiger partial charge in [-0.25, -0.2) is 9.67 Å². The van der Waals surface area contributed by atoms with Gasteiger partial charge in [0.05, 0.1) is 19.3 Å². The fourth-order valence-electron chi connectivity index (χ4n) is 4.93. The molecule has 0 spiro atoms. The number of pyridine rings is 1. The minimum atomic E-state index is -0.316. The van der Waals surface area contributed by atoms with Crippen LogP contribution in [0.3, 0.4) is 0 Å². The van der Waals surface area contributed by atoms with Gasteiger partial charge >= 0.3 is 0 Å². The molecule has 2 fully saturated rings. The van der Waals surface area contributed by atoms with Crippen molar-refractivity contribution >= 4 is 23.3 Å². The highest BCUT2D eigenvalue weighted by Crippen LogP contribution is 2.46. The molecule has 6 rings (SSSR count). The second kappa shape index (κ2) is 9.47. The number of ether oxygens (including phenoxy) is 1. The third kappa shape index (κ3) is 4.74. The number of rotatable bonds is 8. The van der Waals surface area contributed by atoms with Gasteiger partial charge in [0.1, 0.15) is 17.7 Å². The molecule has 37 heavy (non-hydrogen) atoms. The number of fused-ring (bicyclic) bond motifs is 1. The number of methoxy groups -OCH3 is 1. The Morgan fingerprint density at radius 2 is 2.03 bits per heavy atom. The summed E-state index contributed by atoms with van der Waals surface area (Å²) in [5, 5.41) is 19.2. The molecule has 2 unspecified atom stereocenters. The van der Waals surface area contributed by atoms with Gasteiger partial charge in [-0.3, -0.25) is 9.48 Å². The van der Waals surface area contributed by atoms with E-state index < -0.39 is 0 Å². The quantitative estimate of drug-likeness (QED) is 0.378. The first-order valence-corrected chi connectivity index (χ1v) is 12.5. The van der Waals surface area contributed by atoms with E-state index in [2.05, 4.69) is 43.0 Å². The van der Waals surface area contributed by atoms with E-state index in [1.807, 2.05) is 6.92 Å². The van der Waals surface area contributed by atoms with E-state index in [9.17, 15) is 4.79 Å². The SMILES string of the molecule is COc1nn(Cc2ccc(N3CC4CC4C3)nc2C)cc1C(=O)NCc1cc(Cl)ccc1-n1cnnn1. The number of carbonyl (C=O) groups excluding carboxylic acids is 1. The fourth-order valence-corrected chi connectivity index (χ4v) is 5.13. The Labute approximate surface area is 218 Å². The summed E-state index contributed by atoms with van der Waals surface area (Å²) in [5.41, 5.74) is 3.81. The molecule has 11 nitrogen and oxygen atoms in total. The third-order valence-electron chi connectivity index (χ3n) is 7.06. The summed E-state index contributed by atoms with van der Waals surface area (Å²) in [4.78, 5) is 20.3. The van der Waals surface area contributed by atoms with E-state index >= 15 is 0 Å². The van der Waals surface area contributed by atoms with Crippen LogP contribution in [-0.4, -0.2) is 61.1 Å². The summed E-state index contributed by atoms with van der Waals surface area (Å²) in [5.74, 6) is 2.68. The van der Waals surface area contributed by atoms with E-state index in [1.165, 1.54) is 24.5 Å². The summed E-state index contributed by atoms with van der Waals surface area (Å²) in [6.45, 7) is 4.92. The lowest BCUT2D eigenvalue weighted by molar-refractivity contribution is 0.0948. The van der Waals surface area contributed by atoms with Crippen molar-refractivity contribution in [2.45, 2.75) is 26.4 Å². The minimum Gasteiger partial charge on any atom is -0.479 e. The van der Waals surface area contributed by atoms with Crippen molar-refractivity contribution in [3.63, 3.8) is 0 Å². The molecule has 1 aliphatic carbocycles. The smallest absolute Gasteiger partial charge is 0.258 e. The lowest BCUT2D eigenvalue weighted by Crippen LogP contribution is -2.24. The molecule has 190 valence electrons. The first-order valence-electron chi connectivity index (χ1n) is 12.1. The van der Waals surface area contributed by atoms with E-state index in [0.717, 1.165) is 53.3 Å². The van der Waals surface area contributed by atoms with Crippen LogP contribution in [-0.2, 0) is 13.1 Å². The molecule has 1 aliphatic heterocycles. The van der Waals surface area contributed by atoms with Gasteiger partial charge in [-0.2, -0.15) is 0 Å². The number of carbonyl (C=O) groups is 1. The summed E-state index contributed by atoms with van der Waals surface area (Å²) in [7, 11) is 1.50. The summed E-state index contributed by atoms with van der Waals surface area (Å²) in [6.07, 6.45) is 4.54. The Morgan fingerprint density at radius 3 is 2.76 bits per heavy atom. The van der Waals surface area contributed by atoms with Gasteiger partial charge in [-0.05, 0) is 71.0 Å². The minimum absolute atomic E-state index is 0.214. The van der Waals surface area contributed by atoms with Crippen molar-refractivity contribution in [1.29, 1.82) is 0 Å². The first-order chi connectivity index (χ1) is 18.0. The molecular formula is C25H26ClN9O2. The zero-order valence-electron chi connectivity index (χ0n) is 20.5. The lowest BCUT2D eigenvalue weighted by Gasteiger charge is -2.20. The molecule has 2 aliphatic rings. The van der Waals surface area contributed by atoms with Crippen LogP contribution < -0.4 is 15.0 Å². The fraction of sp³-hybridized carbons (Fsp3) is 0.360. The zero-order chi connectivity index (χ0) is 25.5. The number of aromatic nitrogens is 7. The Kier molecular flexibility index (Phi) is 5.99. The Bertz CT molecular complexity index is 1440. The number of anilines is 1. The van der Waals surface area contributed by atoms with E-state index in [1.54, 1.807) is 29.1 Å². The molecule has 3 aromatic heterocycles. The first kappa shape index (κ1) is 23.4. The maximum Gasteiger partial charge on any atom is 0.258 e. The average Bonchev–Trinajstić information content (AvgIpc) is 3.32. The van der Waals surface area contributed by atoms with Gasteiger partial charge < -0.3 is 15.0 Å². The predicted molar refractivity (Wildman–Crippen MR) is 136 cm³/mol. The maximum absolute atomic E-state index is 13.1. The number of amides is 1. The number of halogens is 1. The maximum atomic E-state index is 13.1. The molecule has 4 heterocycles. The second-order valence-electron chi connectivity index (χ2n) is 9.53. The van der Waals surface area contributed by atoms with Gasteiger partial charge in [0, 0.05) is 36.5 Å². The van der Waals surface area contributed by atoms with Crippen LogP contribution in [0.2, 0.25) is 5.02 Å². The predicted octanol–water partition coefficient (Wildman–Crippen LogP) is 2.66. The number of nitrogens with one attached hydrogen (secondary N) is 1. The van der Waals surface area contributed by atoms with Crippen LogP contribution >= 0.6 is 11.6 Å². The molecule has 12 heteroatoms. The largest absolute Gasteiger partial charge is 0.479 e. The van der Waals surface area contributed by atoms with Crippen LogP contribution in [0.4, 0.5) is 5.82 Å².